The van der Waals surface area contributed by atoms with Gasteiger partial charge in [0.25, 0.3) is 0 Å². The van der Waals surface area contributed by atoms with E-state index in [4.69, 9.17) is 10.6 Å². The van der Waals surface area contributed by atoms with Crippen molar-refractivity contribution in [1.29, 1.82) is 0 Å². The third-order valence-electron chi connectivity index (χ3n) is 5.10. The van der Waals surface area contributed by atoms with E-state index in [1.165, 1.54) is 19.4 Å². The van der Waals surface area contributed by atoms with Gasteiger partial charge in [0.2, 0.25) is 0 Å². The molecule has 1 aromatic rings. The van der Waals surface area contributed by atoms with Crippen molar-refractivity contribution in [2.45, 2.75) is 52.0 Å². The molecule has 2 N–H and O–H groups in total. The van der Waals surface area contributed by atoms with Crippen molar-refractivity contribution in [3.8, 4) is 5.75 Å². The molecular formula is C20H31N3O2. The fourth-order valence-electron chi connectivity index (χ4n) is 3.51. The van der Waals surface area contributed by atoms with Gasteiger partial charge in [0.05, 0.1) is 12.3 Å². The molecule has 1 fully saturated rings. The number of carbonyl (C=O) groups excluding carboxylic acids is 1. The fraction of sp³-hybridized carbons (Fsp3) is 0.600. The Bertz CT molecular complexity index is 557. The van der Waals surface area contributed by atoms with E-state index in [0.29, 0.717) is 12.5 Å². The van der Waals surface area contributed by atoms with Gasteiger partial charge in [-0.25, -0.2) is 0 Å². The highest BCUT2D eigenvalue weighted by Crippen LogP contribution is 2.20. The topological polar surface area (TPSA) is 67.9 Å². The molecule has 1 aliphatic rings. The van der Waals surface area contributed by atoms with Crippen LogP contribution in [0.3, 0.4) is 0 Å². The van der Waals surface area contributed by atoms with Crippen molar-refractivity contribution in [1.82, 2.24) is 4.90 Å². The van der Waals surface area contributed by atoms with Gasteiger partial charge in [0.15, 0.2) is 0 Å². The molecule has 0 bridgehead atoms. The van der Waals surface area contributed by atoms with Gasteiger partial charge in [-0.3, -0.25) is 0 Å². The Morgan fingerprint density at radius 3 is 2.76 bits per heavy atom. The van der Waals surface area contributed by atoms with E-state index < -0.39 is 0 Å². The van der Waals surface area contributed by atoms with Gasteiger partial charge < -0.3 is 20.3 Å². The zero-order valence-electron chi connectivity index (χ0n) is 15.5. The molecule has 1 heterocycles. The smallest absolute Gasteiger partial charge is 0.120 e. The van der Waals surface area contributed by atoms with Crippen LogP contribution >= 0.6 is 0 Å². The normalized spacial score (nSPS) is 19.8. The molecule has 2 rings (SSSR count). The van der Waals surface area contributed by atoms with E-state index >= 15 is 0 Å². The van der Waals surface area contributed by atoms with E-state index in [-0.39, 0.29) is 5.92 Å². The highest BCUT2D eigenvalue weighted by molar-refractivity contribution is 6.02. The predicted molar refractivity (Wildman–Crippen MR) is 102 cm³/mol. The number of hydrogen-bond donors (Lipinski definition) is 1. The first-order chi connectivity index (χ1) is 12.2. The van der Waals surface area contributed by atoms with Gasteiger partial charge in [-0.1, -0.05) is 6.92 Å². The molecule has 0 aliphatic carbocycles. The molecule has 25 heavy (non-hydrogen) atoms. The Hall–Kier alpha value is -1.88. The summed E-state index contributed by atoms with van der Waals surface area (Å²) in [5.41, 5.74) is 1.73. The summed E-state index contributed by atoms with van der Waals surface area (Å²) in [7, 11) is 0. The summed E-state index contributed by atoms with van der Waals surface area (Å²) in [5.74, 6) is 6.48. The van der Waals surface area contributed by atoms with Crippen molar-refractivity contribution in [2.75, 3.05) is 19.7 Å². The van der Waals surface area contributed by atoms with Crippen molar-refractivity contribution >= 4 is 12.0 Å². The SMILES string of the molecule is CCC(CC=O)/C(=N\N)c1ccc(OCCCN2CCC[C@H]2C)cc1. The fourth-order valence-corrected chi connectivity index (χ4v) is 3.51. The standard InChI is InChI=1S/C20H31N3O2/c1-3-17(11-14-24)20(22-21)18-7-9-19(10-8-18)25-15-5-13-23-12-4-6-16(23)2/h7-10,14,16-17H,3-6,11-13,15,21H2,1-2H3/b22-20+/t16-,17?/m1/s1. The Morgan fingerprint density at radius 1 is 1.44 bits per heavy atom. The second kappa shape index (κ2) is 10.2. The minimum absolute atomic E-state index is 0.0664. The summed E-state index contributed by atoms with van der Waals surface area (Å²) in [5, 5.41) is 3.92. The van der Waals surface area contributed by atoms with Crippen molar-refractivity contribution in [3.63, 3.8) is 0 Å². The monoisotopic (exact) mass is 345 g/mol. The van der Waals surface area contributed by atoms with E-state index in [2.05, 4.69) is 16.9 Å². The number of nitrogens with zero attached hydrogens (tertiary/aromatic N) is 2. The Morgan fingerprint density at radius 2 is 2.20 bits per heavy atom. The van der Waals surface area contributed by atoms with Crippen LogP contribution in [0, 0.1) is 5.92 Å². The van der Waals surface area contributed by atoms with Gasteiger partial charge in [-0.15, -0.1) is 0 Å². The molecule has 138 valence electrons. The van der Waals surface area contributed by atoms with Gasteiger partial charge in [-0.05, 0) is 69.0 Å². The number of rotatable bonds is 10. The van der Waals surface area contributed by atoms with E-state index in [0.717, 1.165) is 49.3 Å². The number of hydrazone groups is 1. The molecule has 0 saturated carbocycles. The summed E-state index contributed by atoms with van der Waals surface area (Å²) in [6.45, 7) is 7.39. The van der Waals surface area contributed by atoms with E-state index in [1.807, 2.05) is 31.2 Å². The molecule has 0 spiro atoms. The quantitative estimate of drug-likeness (QED) is 0.232. The maximum atomic E-state index is 10.8. The predicted octanol–water partition coefficient (Wildman–Crippen LogP) is 3.22. The van der Waals surface area contributed by atoms with Crippen LogP contribution in [0.2, 0.25) is 0 Å². The molecule has 1 saturated heterocycles. The molecule has 0 radical (unpaired) electrons. The molecule has 5 nitrogen and oxygen atoms in total. The molecule has 1 aliphatic heterocycles. The van der Waals surface area contributed by atoms with Crippen LogP contribution in [-0.2, 0) is 4.79 Å². The summed E-state index contributed by atoms with van der Waals surface area (Å²) < 4.78 is 5.85. The minimum Gasteiger partial charge on any atom is -0.494 e. The number of ether oxygens (including phenoxy) is 1. The van der Waals surface area contributed by atoms with Crippen LogP contribution < -0.4 is 10.6 Å². The molecule has 1 aromatic carbocycles. The Kier molecular flexibility index (Phi) is 7.92. The minimum atomic E-state index is 0.0664. The van der Waals surface area contributed by atoms with Crippen LogP contribution in [0.25, 0.3) is 0 Å². The maximum absolute atomic E-state index is 10.8. The first kappa shape index (κ1) is 19.4. The number of carbonyl (C=O) groups is 1. The van der Waals surface area contributed by atoms with Crippen molar-refractivity contribution in [3.05, 3.63) is 29.8 Å². The average molecular weight is 345 g/mol. The third-order valence-corrected chi connectivity index (χ3v) is 5.10. The molecular weight excluding hydrogens is 314 g/mol. The number of benzene rings is 1. The van der Waals surface area contributed by atoms with Gasteiger partial charge in [-0.2, -0.15) is 5.10 Å². The molecule has 2 atom stereocenters. The zero-order valence-corrected chi connectivity index (χ0v) is 15.5. The first-order valence-corrected chi connectivity index (χ1v) is 9.38. The lowest BCUT2D eigenvalue weighted by Gasteiger charge is -2.20. The second-order valence-electron chi connectivity index (χ2n) is 6.78. The van der Waals surface area contributed by atoms with Crippen LogP contribution in [-0.4, -0.2) is 42.6 Å². The number of nitrogens with two attached hydrogens (primary N) is 1. The number of likely N-dealkylation sites (tertiary alicyclic amines) is 1. The molecule has 1 unspecified atom stereocenters. The van der Waals surface area contributed by atoms with Crippen LogP contribution in [0.4, 0.5) is 0 Å². The summed E-state index contributed by atoms with van der Waals surface area (Å²) in [6.07, 6.45) is 5.88. The average Bonchev–Trinajstić information content (AvgIpc) is 3.04. The third kappa shape index (κ3) is 5.56. The molecule has 5 heteroatoms. The maximum Gasteiger partial charge on any atom is 0.120 e. The zero-order chi connectivity index (χ0) is 18.1. The Balaban J connectivity index is 1.83. The molecule has 0 amide bonds. The van der Waals surface area contributed by atoms with Gasteiger partial charge in [0.1, 0.15) is 12.0 Å². The number of aldehydes is 1. The largest absolute Gasteiger partial charge is 0.494 e. The van der Waals surface area contributed by atoms with Crippen molar-refractivity contribution in [2.24, 2.45) is 16.9 Å². The summed E-state index contributed by atoms with van der Waals surface area (Å²) >= 11 is 0. The lowest BCUT2D eigenvalue weighted by atomic mass is 9.92. The van der Waals surface area contributed by atoms with Crippen LogP contribution in [0.5, 0.6) is 5.75 Å². The lowest BCUT2D eigenvalue weighted by molar-refractivity contribution is -0.108. The summed E-state index contributed by atoms with van der Waals surface area (Å²) in [4.78, 5) is 13.4. The second-order valence-corrected chi connectivity index (χ2v) is 6.78. The van der Waals surface area contributed by atoms with E-state index in [1.54, 1.807) is 0 Å². The van der Waals surface area contributed by atoms with Gasteiger partial charge >= 0.3 is 0 Å². The summed E-state index contributed by atoms with van der Waals surface area (Å²) in [6, 6.07) is 8.55. The Labute approximate surface area is 151 Å². The lowest BCUT2D eigenvalue weighted by Crippen LogP contribution is -2.28. The molecule has 0 aromatic heterocycles. The number of hydrogen-bond acceptors (Lipinski definition) is 5. The van der Waals surface area contributed by atoms with E-state index in [9.17, 15) is 4.79 Å². The highest BCUT2D eigenvalue weighted by atomic mass is 16.5. The van der Waals surface area contributed by atoms with Crippen LogP contribution in [0.1, 0.15) is 51.5 Å². The van der Waals surface area contributed by atoms with Gasteiger partial charge in [0, 0.05) is 24.9 Å². The first-order valence-electron chi connectivity index (χ1n) is 9.38. The van der Waals surface area contributed by atoms with Crippen molar-refractivity contribution < 1.29 is 9.53 Å². The van der Waals surface area contributed by atoms with Crippen LogP contribution in [0.15, 0.2) is 29.4 Å². The highest BCUT2D eigenvalue weighted by Gasteiger charge is 2.19.